The Morgan fingerprint density at radius 1 is 1.21 bits per heavy atom. The van der Waals surface area contributed by atoms with Crippen LogP contribution < -0.4 is 4.90 Å². The zero-order valence-corrected chi connectivity index (χ0v) is 14.1. The van der Waals surface area contributed by atoms with Crippen molar-refractivity contribution >= 4 is 17.2 Å². The number of nitrogens with zero attached hydrogens (tertiary/aromatic N) is 2. The van der Waals surface area contributed by atoms with Gasteiger partial charge < -0.3 is 14.2 Å². The molecule has 0 bridgehead atoms. The quantitative estimate of drug-likeness (QED) is 0.860. The fourth-order valence-electron chi connectivity index (χ4n) is 2.89. The Kier molecular flexibility index (Phi) is 5.24. The summed E-state index contributed by atoms with van der Waals surface area (Å²) < 4.78 is 18.9. The van der Waals surface area contributed by atoms with Gasteiger partial charge in [-0.25, -0.2) is 4.39 Å². The van der Waals surface area contributed by atoms with Crippen molar-refractivity contribution in [2.45, 2.75) is 6.42 Å². The van der Waals surface area contributed by atoms with E-state index in [-0.39, 0.29) is 5.82 Å². The lowest BCUT2D eigenvalue weighted by atomic mass is 10.2. The lowest BCUT2D eigenvalue weighted by Gasteiger charge is -2.32. The molecule has 1 N–H and O–H groups in total. The van der Waals surface area contributed by atoms with Crippen molar-refractivity contribution < 1.29 is 13.7 Å². The van der Waals surface area contributed by atoms with Crippen molar-refractivity contribution in [3.63, 3.8) is 0 Å². The predicted octanol–water partition coefficient (Wildman–Crippen LogP) is 1.88. The van der Waals surface area contributed by atoms with Crippen LogP contribution in [-0.2, 0) is 0 Å². The van der Waals surface area contributed by atoms with E-state index in [2.05, 4.69) is 11.0 Å². The molecule has 1 aromatic heterocycles. The van der Waals surface area contributed by atoms with Crippen molar-refractivity contribution in [3.05, 3.63) is 48.0 Å². The molecule has 1 aromatic carbocycles. The third kappa shape index (κ3) is 3.81. The van der Waals surface area contributed by atoms with E-state index < -0.39 is 0 Å². The van der Waals surface area contributed by atoms with Crippen LogP contribution in [0.4, 0.5) is 4.39 Å². The van der Waals surface area contributed by atoms with Gasteiger partial charge in [-0.1, -0.05) is 12.2 Å². The van der Waals surface area contributed by atoms with Gasteiger partial charge in [0.05, 0.1) is 45.2 Å². The van der Waals surface area contributed by atoms with E-state index in [1.165, 1.54) is 17.0 Å². The SMILES string of the molecule is N#CCC[NH+]1CCN(C(=S)c2ccc(-c3ccc(F)cc3)o2)CC1. The Labute approximate surface area is 146 Å². The Bertz CT molecular complexity index is 742. The molecule has 0 atom stereocenters. The highest BCUT2D eigenvalue weighted by Crippen LogP contribution is 2.23. The molecule has 0 aliphatic carbocycles. The van der Waals surface area contributed by atoms with Gasteiger partial charge in [-0.2, -0.15) is 5.26 Å². The number of thiocarbonyl (C=S) groups is 1. The lowest BCUT2D eigenvalue weighted by Crippen LogP contribution is -3.14. The van der Waals surface area contributed by atoms with Crippen LogP contribution in [0, 0.1) is 17.1 Å². The number of nitrogens with one attached hydrogen (secondary N) is 1. The van der Waals surface area contributed by atoms with Crippen LogP contribution in [0.5, 0.6) is 0 Å². The van der Waals surface area contributed by atoms with Crippen LogP contribution in [0.15, 0.2) is 40.8 Å². The van der Waals surface area contributed by atoms with Crippen molar-refractivity contribution in [2.24, 2.45) is 0 Å². The maximum Gasteiger partial charge on any atom is 0.162 e. The highest BCUT2D eigenvalue weighted by atomic mass is 32.1. The van der Waals surface area contributed by atoms with Gasteiger partial charge in [0.25, 0.3) is 0 Å². The molecule has 1 saturated heterocycles. The molecule has 4 nitrogen and oxygen atoms in total. The van der Waals surface area contributed by atoms with E-state index in [0.29, 0.717) is 22.9 Å². The van der Waals surface area contributed by atoms with E-state index in [1.54, 1.807) is 12.1 Å². The average Bonchev–Trinajstić information content (AvgIpc) is 3.10. The van der Waals surface area contributed by atoms with Gasteiger partial charge in [0.15, 0.2) is 5.76 Å². The first-order valence-electron chi connectivity index (χ1n) is 8.03. The van der Waals surface area contributed by atoms with E-state index in [9.17, 15) is 4.39 Å². The molecule has 1 aliphatic rings. The number of piperazine rings is 1. The third-order valence-corrected chi connectivity index (χ3v) is 4.75. The summed E-state index contributed by atoms with van der Waals surface area (Å²) in [6, 6.07) is 12.2. The van der Waals surface area contributed by atoms with Crippen molar-refractivity contribution in [3.8, 4) is 17.4 Å². The van der Waals surface area contributed by atoms with Crippen molar-refractivity contribution in [1.29, 1.82) is 5.26 Å². The standard InChI is InChI=1S/C18H18FN3OS/c19-15-4-2-14(3-5-15)16-6-7-17(23-16)18(24)22-12-10-21(11-13-22)9-1-8-20/h2-7H,1,9-13H2/p+1. The van der Waals surface area contributed by atoms with Crippen LogP contribution in [0.2, 0.25) is 0 Å². The van der Waals surface area contributed by atoms with Gasteiger partial charge in [0.2, 0.25) is 0 Å². The number of furan rings is 1. The largest absolute Gasteiger partial charge is 0.454 e. The topological polar surface area (TPSA) is 44.6 Å². The second-order valence-electron chi connectivity index (χ2n) is 5.87. The zero-order valence-electron chi connectivity index (χ0n) is 13.3. The van der Waals surface area contributed by atoms with Crippen LogP contribution >= 0.6 is 12.2 Å². The van der Waals surface area contributed by atoms with Crippen molar-refractivity contribution in [2.75, 3.05) is 32.7 Å². The molecular weight excluding hydrogens is 325 g/mol. The van der Waals surface area contributed by atoms with Gasteiger partial charge in [0, 0.05) is 5.56 Å². The normalized spacial score (nSPS) is 15.2. The molecule has 0 saturated carbocycles. The maximum absolute atomic E-state index is 13.0. The number of hydrogen-bond acceptors (Lipinski definition) is 3. The molecule has 0 unspecified atom stereocenters. The molecule has 0 spiro atoms. The average molecular weight is 344 g/mol. The molecular formula is C18H19FN3OS+. The molecule has 124 valence electrons. The summed E-state index contributed by atoms with van der Waals surface area (Å²) in [5, 5.41) is 8.67. The minimum absolute atomic E-state index is 0.266. The first-order chi connectivity index (χ1) is 11.7. The maximum atomic E-state index is 13.0. The summed E-state index contributed by atoms with van der Waals surface area (Å²) in [6.07, 6.45) is 0.596. The predicted molar refractivity (Wildman–Crippen MR) is 93.2 cm³/mol. The van der Waals surface area contributed by atoms with Crippen LogP contribution in [0.1, 0.15) is 12.2 Å². The number of benzene rings is 1. The van der Waals surface area contributed by atoms with Gasteiger partial charge in [-0.15, -0.1) is 0 Å². The molecule has 2 aromatic rings. The van der Waals surface area contributed by atoms with Crippen molar-refractivity contribution in [1.82, 2.24) is 4.90 Å². The number of hydrogen-bond donors (Lipinski definition) is 1. The Hall–Kier alpha value is -2.23. The Balaban J connectivity index is 1.62. The number of quaternary nitrogens is 1. The van der Waals surface area contributed by atoms with Gasteiger partial charge in [-0.3, -0.25) is 0 Å². The Morgan fingerprint density at radius 3 is 2.58 bits per heavy atom. The third-order valence-electron chi connectivity index (χ3n) is 4.29. The van der Waals surface area contributed by atoms with Crippen LogP contribution in [0.3, 0.4) is 0 Å². The number of halogens is 1. The molecule has 3 rings (SSSR count). The first kappa shape index (κ1) is 16.6. The molecule has 2 heterocycles. The van der Waals surface area contributed by atoms with Gasteiger partial charge in [0.1, 0.15) is 16.6 Å². The highest BCUT2D eigenvalue weighted by molar-refractivity contribution is 7.80. The fourth-order valence-corrected chi connectivity index (χ4v) is 3.18. The Morgan fingerprint density at radius 2 is 1.92 bits per heavy atom. The van der Waals surface area contributed by atoms with E-state index in [0.717, 1.165) is 38.3 Å². The summed E-state index contributed by atoms with van der Waals surface area (Å²) in [5.41, 5.74) is 0.830. The molecule has 24 heavy (non-hydrogen) atoms. The summed E-state index contributed by atoms with van der Waals surface area (Å²) in [6.45, 7) is 4.59. The summed E-state index contributed by atoms with van der Waals surface area (Å²) in [7, 11) is 0. The first-order valence-corrected chi connectivity index (χ1v) is 8.44. The second kappa shape index (κ2) is 7.56. The second-order valence-corrected chi connectivity index (χ2v) is 6.26. The lowest BCUT2D eigenvalue weighted by molar-refractivity contribution is -0.903. The molecule has 1 aliphatic heterocycles. The van der Waals surface area contributed by atoms with Gasteiger partial charge in [-0.05, 0) is 36.4 Å². The molecule has 6 heteroatoms. The van der Waals surface area contributed by atoms with E-state index in [4.69, 9.17) is 21.9 Å². The van der Waals surface area contributed by atoms with Crippen LogP contribution in [-0.4, -0.2) is 42.6 Å². The van der Waals surface area contributed by atoms with Crippen LogP contribution in [0.25, 0.3) is 11.3 Å². The highest BCUT2D eigenvalue weighted by Gasteiger charge is 2.23. The smallest absolute Gasteiger partial charge is 0.162 e. The molecule has 1 fully saturated rings. The van der Waals surface area contributed by atoms with E-state index >= 15 is 0 Å². The zero-order chi connectivity index (χ0) is 16.9. The fraction of sp³-hybridized carbons (Fsp3) is 0.333. The molecule has 0 radical (unpaired) electrons. The number of nitriles is 1. The van der Waals surface area contributed by atoms with Gasteiger partial charge >= 0.3 is 0 Å². The summed E-state index contributed by atoms with van der Waals surface area (Å²) in [4.78, 5) is 4.31. The minimum Gasteiger partial charge on any atom is -0.454 e. The minimum atomic E-state index is -0.266. The van der Waals surface area contributed by atoms with E-state index in [1.807, 2.05) is 12.1 Å². The summed E-state index contributed by atoms with van der Waals surface area (Å²) >= 11 is 5.56. The summed E-state index contributed by atoms with van der Waals surface area (Å²) in [5.74, 6) is 1.09. The number of rotatable bonds is 4. The monoisotopic (exact) mass is 344 g/mol. The molecule has 0 amide bonds.